The Morgan fingerprint density at radius 2 is 1.90 bits per heavy atom. The third-order valence-corrected chi connectivity index (χ3v) is 1.35. The first-order valence-electron chi connectivity index (χ1n) is 3.47. The van der Waals surface area contributed by atoms with Crippen LogP contribution >= 0.6 is 0 Å². The van der Waals surface area contributed by atoms with E-state index in [1.165, 1.54) is 11.1 Å². The van der Waals surface area contributed by atoms with Crippen molar-refractivity contribution in [3.05, 3.63) is 48.0 Å². The largest absolute Gasteiger partial charge is 0.0998 e. The highest BCUT2D eigenvalue weighted by atomic mass is 13.9. The molecule has 1 aromatic carbocycles. The molecule has 0 fully saturated rings. The van der Waals surface area contributed by atoms with Gasteiger partial charge >= 0.3 is 0 Å². The van der Waals surface area contributed by atoms with Crippen LogP contribution < -0.4 is 0 Å². The summed E-state index contributed by atoms with van der Waals surface area (Å²) >= 11 is 0. The average molecular weight is 132 g/mol. The van der Waals surface area contributed by atoms with Crippen LogP contribution in [0.3, 0.4) is 0 Å². The third kappa shape index (κ3) is 2.06. The fourth-order valence-electron chi connectivity index (χ4n) is 0.944. The highest BCUT2D eigenvalue weighted by Gasteiger charge is 1.88. The quantitative estimate of drug-likeness (QED) is 0.543. The van der Waals surface area contributed by atoms with Gasteiger partial charge in [-0.25, -0.2) is 0 Å². The number of rotatable bonds is 2. The molecular formula is C10H12. The summed E-state index contributed by atoms with van der Waals surface area (Å²) in [5, 5.41) is 0. The fourth-order valence-corrected chi connectivity index (χ4v) is 0.944. The van der Waals surface area contributed by atoms with E-state index in [0.717, 1.165) is 6.42 Å². The number of hydrogen-bond donors (Lipinski definition) is 0. The van der Waals surface area contributed by atoms with Crippen LogP contribution in [0, 0.1) is 0 Å². The summed E-state index contributed by atoms with van der Waals surface area (Å²) in [5.41, 5.74) is 2.56. The van der Waals surface area contributed by atoms with Crippen LogP contribution in [-0.2, 0) is 6.42 Å². The molecule has 52 valence electrons. The molecule has 0 N–H and O–H groups in total. The molecule has 0 spiro atoms. The van der Waals surface area contributed by atoms with E-state index in [9.17, 15) is 0 Å². The maximum Gasteiger partial charge on any atom is -0.00726 e. The molecule has 0 radical (unpaired) electrons. The molecule has 0 bridgehead atoms. The SMILES string of the molecule is C=C(C)Cc1ccccc1. The molecule has 0 aromatic heterocycles. The Bertz CT molecular complexity index is 209. The Hall–Kier alpha value is -1.04. The molecular weight excluding hydrogens is 120 g/mol. The molecule has 0 unspecified atom stereocenters. The van der Waals surface area contributed by atoms with Crippen LogP contribution in [0.15, 0.2) is 42.5 Å². The van der Waals surface area contributed by atoms with Gasteiger partial charge in [-0.05, 0) is 18.9 Å². The molecule has 0 amide bonds. The maximum absolute atomic E-state index is 3.85. The minimum absolute atomic E-state index is 1.00. The van der Waals surface area contributed by atoms with Crippen LogP contribution in [0.2, 0.25) is 0 Å². The van der Waals surface area contributed by atoms with Gasteiger partial charge in [0.1, 0.15) is 0 Å². The second-order valence-electron chi connectivity index (χ2n) is 2.62. The van der Waals surface area contributed by atoms with Gasteiger partial charge < -0.3 is 0 Å². The van der Waals surface area contributed by atoms with E-state index in [1.807, 2.05) is 13.0 Å². The number of allylic oxidation sites excluding steroid dienone is 1. The van der Waals surface area contributed by atoms with Crippen molar-refractivity contribution >= 4 is 0 Å². The zero-order chi connectivity index (χ0) is 7.40. The second-order valence-corrected chi connectivity index (χ2v) is 2.62. The van der Waals surface area contributed by atoms with Crippen LogP contribution in [0.25, 0.3) is 0 Å². The first-order chi connectivity index (χ1) is 4.79. The summed E-state index contributed by atoms with van der Waals surface area (Å²) in [6, 6.07) is 10.4. The molecule has 0 aliphatic carbocycles. The fraction of sp³-hybridized carbons (Fsp3) is 0.200. The van der Waals surface area contributed by atoms with Gasteiger partial charge in [0.15, 0.2) is 0 Å². The highest BCUT2D eigenvalue weighted by Crippen LogP contribution is 2.04. The molecule has 10 heavy (non-hydrogen) atoms. The van der Waals surface area contributed by atoms with Gasteiger partial charge in [-0.2, -0.15) is 0 Å². The minimum atomic E-state index is 1.00. The normalized spacial score (nSPS) is 9.30. The van der Waals surface area contributed by atoms with E-state index in [2.05, 4.69) is 30.8 Å². The molecule has 0 saturated carbocycles. The Labute approximate surface area is 62.2 Å². The van der Waals surface area contributed by atoms with E-state index in [-0.39, 0.29) is 0 Å². The molecule has 0 heterocycles. The smallest absolute Gasteiger partial charge is 0.00726 e. The first kappa shape index (κ1) is 7.07. The molecule has 0 aliphatic heterocycles. The van der Waals surface area contributed by atoms with Crippen molar-refractivity contribution in [2.24, 2.45) is 0 Å². The van der Waals surface area contributed by atoms with E-state index < -0.39 is 0 Å². The lowest BCUT2D eigenvalue weighted by molar-refractivity contribution is 1.15. The summed E-state index contributed by atoms with van der Waals surface area (Å²) in [4.78, 5) is 0. The van der Waals surface area contributed by atoms with E-state index in [0.29, 0.717) is 0 Å². The lowest BCUT2D eigenvalue weighted by atomic mass is 10.1. The monoisotopic (exact) mass is 132 g/mol. The van der Waals surface area contributed by atoms with E-state index >= 15 is 0 Å². The van der Waals surface area contributed by atoms with Crippen molar-refractivity contribution in [3.63, 3.8) is 0 Å². The predicted molar refractivity (Wildman–Crippen MR) is 45.0 cm³/mol. The maximum atomic E-state index is 3.85. The van der Waals surface area contributed by atoms with Gasteiger partial charge in [0, 0.05) is 0 Å². The predicted octanol–water partition coefficient (Wildman–Crippen LogP) is 2.81. The van der Waals surface area contributed by atoms with E-state index in [4.69, 9.17) is 0 Å². The van der Waals surface area contributed by atoms with Gasteiger partial charge in [-0.3, -0.25) is 0 Å². The molecule has 0 heteroatoms. The van der Waals surface area contributed by atoms with Crippen molar-refractivity contribution in [2.75, 3.05) is 0 Å². The average Bonchev–Trinajstić information content (AvgIpc) is 1.88. The zero-order valence-corrected chi connectivity index (χ0v) is 6.30. The molecule has 0 atom stereocenters. The lowest BCUT2D eigenvalue weighted by Crippen LogP contribution is -1.82. The van der Waals surface area contributed by atoms with Gasteiger partial charge in [0.05, 0.1) is 0 Å². The molecule has 0 nitrogen and oxygen atoms in total. The highest BCUT2D eigenvalue weighted by molar-refractivity contribution is 5.19. The summed E-state index contributed by atoms with van der Waals surface area (Å²) in [5.74, 6) is 0. The van der Waals surface area contributed by atoms with Crippen LogP contribution in [0.4, 0.5) is 0 Å². The zero-order valence-electron chi connectivity index (χ0n) is 6.30. The molecule has 1 aromatic rings. The second kappa shape index (κ2) is 3.21. The van der Waals surface area contributed by atoms with Gasteiger partial charge in [0.2, 0.25) is 0 Å². The topological polar surface area (TPSA) is 0 Å². The van der Waals surface area contributed by atoms with Crippen LogP contribution in [0.1, 0.15) is 12.5 Å². The van der Waals surface area contributed by atoms with E-state index in [1.54, 1.807) is 0 Å². The van der Waals surface area contributed by atoms with Gasteiger partial charge in [0.25, 0.3) is 0 Å². The van der Waals surface area contributed by atoms with Crippen LogP contribution in [0.5, 0.6) is 0 Å². The first-order valence-corrected chi connectivity index (χ1v) is 3.47. The summed E-state index contributed by atoms with van der Waals surface area (Å²) in [6.07, 6.45) is 1.00. The molecule has 1 rings (SSSR count). The van der Waals surface area contributed by atoms with Gasteiger partial charge in [-0.1, -0.05) is 42.5 Å². The number of benzene rings is 1. The van der Waals surface area contributed by atoms with Crippen molar-refractivity contribution in [1.82, 2.24) is 0 Å². The van der Waals surface area contributed by atoms with Crippen molar-refractivity contribution < 1.29 is 0 Å². The Kier molecular flexibility index (Phi) is 2.27. The third-order valence-electron chi connectivity index (χ3n) is 1.35. The minimum Gasteiger partial charge on any atom is -0.0998 e. The van der Waals surface area contributed by atoms with Crippen LogP contribution in [-0.4, -0.2) is 0 Å². The van der Waals surface area contributed by atoms with Crippen molar-refractivity contribution in [2.45, 2.75) is 13.3 Å². The lowest BCUT2D eigenvalue weighted by Gasteiger charge is -1.97. The summed E-state index contributed by atoms with van der Waals surface area (Å²) in [7, 11) is 0. The Balaban J connectivity index is 2.67. The number of hydrogen-bond acceptors (Lipinski definition) is 0. The Morgan fingerprint density at radius 3 is 2.40 bits per heavy atom. The standard InChI is InChI=1S/C10H12/c1-9(2)8-10-6-4-3-5-7-10/h3-7H,1,8H2,2H3. The Morgan fingerprint density at radius 1 is 1.30 bits per heavy atom. The molecule has 0 saturated heterocycles. The van der Waals surface area contributed by atoms with Crippen molar-refractivity contribution in [3.8, 4) is 0 Å². The summed E-state index contributed by atoms with van der Waals surface area (Å²) in [6.45, 7) is 5.90. The van der Waals surface area contributed by atoms with Gasteiger partial charge in [-0.15, -0.1) is 0 Å². The molecule has 0 aliphatic rings. The summed E-state index contributed by atoms with van der Waals surface area (Å²) < 4.78 is 0. The van der Waals surface area contributed by atoms with Crippen molar-refractivity contribution in [1.29, 1.82) is 0 Å².